The molecule has 0 fully saturated rings. The number of halogens is 2. The van der Waals surface area contributed by atoms with Crippen molar-refractivity contribution in [2.75, 3.05) is 0 Å². The number of pyridine rings is 1. The number of hydrogen-bond donors (Lipinski definition) is 1. The molecule has 0 atom stereocenters. The molecule has 0 radical (unpaired) electrons. The first kappa shape index (κ1) is 6.61. The van der Waals surface area contributed by atoms with E-state index in [9.17, 15) is 4.39 Å². The molecule has 2 nitrogen and oxygen atoms in total. The molecule has 0 saturated carbocycles. The Bertz CT molecular complexity index is 360. The number of aromatic amines is 1. The van der Waals surface area contributed by atoms with Crippen molar-refractivity contribution >= 4 is 22.5 Å². The molecule has 0 aliphatic carbocycles. The lowest BCUT2D eigenvalue weighted by Crippen LogP contribution is -1.81. The van der Waals surface area contributed by atoms with Gasteiger partial charge in [-0.1, -0.05) is 11.6 Å². The van der Waals surface area contributed by atoms with Crippen molar-refractivity contribution in [3.8, 4) is 0 Å². The molecule has 2 aromatic heterocycles. The topological polar surface area (TPSA) is 28.7 Å². The molecule has 0 aliphatic rings. The van der Waals surface area contributed by atoms with E-state index in [1.54, 1.807) is 12.3 Å². The Hall–Kier alpha value is -1.09. The number of H-pyrrole nitrogens is 1. The van der Waals surface area contributed by atoms with Crippen LogP contribution in [-0.2, 0) is 0 Å². The van der Waals surface area contributed by atoms with Crippen molar-refractivity contribution in [2.45, 2.75) is 0 Å². The smallest absolute Gasteiger partial charge is 0.165 e. The third-order valence-electron chi connectivity index (χ3n) is 1.50. The molecule has 2 rings (SSSR count). The molecule has 0 unspecified atom stereocenters. The van der Waals surface area contributed by atoms with Crippen LogP contribution in [0.1, 0.15) is 0 Å². The van der Waals surface area contributed by atoms with Crippen LogP contribution < -0.4 is 0 Å². The number of aromatic nitrogens is 2. The predicted octanol–water partition coefficient (Wildman–Crippen LogP) is 2.36. The molecule has 56 valence electrons. The summed E-state index contributed by atoms with van der Waals surface area (Å²) in [5, 5.41) is 0.939. The van der Waals surface area contributed by atoms with Crippen LogP contribution >= 0.6 is 11.6 Å². The van der Waals surface area contributed by atoms with Crippen LogP contribution in [0.3, 0.4) is 0 Å². The first-order valence-corrected chi connectivity index (χ1v) is 3.44. The highest BCUT2D eigenvalue weighted by Gasteiger charge is 2.04. The van der Waals surface area contributed by atoms with Crippen LogP contribution in [0.4, 0.5) is 4.39 Å². The Morgan fingerprint density at radius 2 is 2.36 bits per heavy atom. The summed E-state index contributed by atoms with van der Waals surface area (Å²) in [5.74, 6) is -0.380. The normalized spacial score (nSPS) is 10.7. The fraction of sp³-hybridized carbons (Fsp3) is 0. The monoisotopic (exact) mass is 170 g/mol. The van der Waals surface area contributed by atoms with Gasteiger partial charge in [0.15, 0.2) is 5.82 Å². The summed E-state index contributed by atoms with van der Waals surface area (Å²) in [6.07, 6.45) is 2.72. The Labute approximate surface area is 67.0 Å². The molecule has 2 heterocycles. The summed E-state index contributed by atoms with van der Waals surface area (Å²) < 4.78 is 12.8. The van der Waals surface area contributed by atoms with Crippen LogP contribution in [0.2, 0.25) is 5.15 Å². The zero-order valence-electron chi connectivity index (χ0n) is 5.44. The molecule has 11 heavy (non-hydrogen) atoms. The van der Waals surface area contributed by atoms with Gasteiger partial charge in [0.1, 0.15) is 5.15 Å². The van der Waals surface area contributed by atoms with Crippen molar-refractivity contribution in [2.24, 2.45) is 0 Å². The summed E-state index contributed by atoms with van der Waals surface area (Å²) in [6.45, 7) is 0. The Morgan fingerprint density at radius 1 is 1.55 bits per heavy atom. The third kappa shape index (κ3) is 0.886. The number of fused-ring (bicyclic) bond motifs is 1. The van der Waals surface area contributed by atoms with Gasteiger partial charge in [-0.25, -0.2) is 9.37 Å². The van der Waals surface area contributed by atoms with Gasteiger partial charge in [0, 0.05) is 11.6 Å². The first-order valence-electron chi connectivity index (χ1n) is 3.06. The quantitative estimate of drug-likeness (QED) is 0.604. The van der Waals surface area contributed by atoms with E-state index in [1.807, 2.05) is 0 Å². The molecule has 0 spiro atoms. The Balaban J connectivity index is 2.96. The van der Waals surface area contributed by atoms with E-state index in [0.29, 0.717) is 16.1 Å². The average molecular weight is 171 g/mol. The Kier molecular flexibility index (Phi) is 1.32. The molecule has 1 N–H and O–H groups in total. The van der Waals surface area contributed by atoms with Crippen LogP contribution in [0.5, 0.6) is 0 Å². The van der Waals surface area contributed by atoms with E-state index in [1.165, 1.54) is 0 Å². The number of rotatable bonds is 0. The number of nitrogens with one attached hydrogen (secondary N) is 1. The van der Waals surface area contributed by atoms with Gasteiger partial charge in [-0.3, -0.25) is 0 Å². The van der Waals surface area contributed by atoms with E-state index in [0.717, 1.165) is 6.20 Å². The Morgan fingerprint density at radius 3 is 3.09 bits per heavy atom. The molecule has 0 bridgehead atoms. The van der Waals surface area contributed by atoms with Gasteiger partial charge in [0.05, 0.1) is 11.7 Å². The summed E-state index contributed by atoms with van der Waals surface area (Å²) in [7, 11) is 0. The fourth-order valence-corrected chi connectivity index (χ4v) is 1.19. The zero-order valence-corrected chi connectivity index (χ0v) is 6.19. The van der Waals surface area contributed by atoms with Gasteiger partial charge in [-0.15, -0.1) is 0 Å². The molecular formula is C7H4ClFN2. The van der Waals surface area contributed by atoms with E-state index >= 15 is 0 Å². The molecule has 0 aromatic carbocycles. The van der Waals surface area contributed by atoms with Gasteiger partial charge in [-0.05, 0) is 6.07 Å². The van der Waals surface area contributed by atoms with Crippen LogP contribution in [-0.4, -0.2) is 9.97 Å². The standard InChI is InChI=1S/C7H4ClFN2/c8-7-4-1-2-10-6(4)5(9)3-11-7/h1-3,10H. The van der Waals surface area contributed by atoms with Crippen molar-refractivity contribution in [3.63, 3.8) is 0 Å². The van der Waals surface area contributed by atoms with Gasteiger partial charge in [0.2, 0.25) is 0 Å². The second kappa shape index (κ2) is 2.20. The van der Waals surface area contributed by atoms with Crippen LogP contribution in [0.15, 0.2) is 18.5 Å². The lowest BCUT2D eigenvalue weighted by Gasteiger charge is -1.92. The van der Waals surface area contributed by atoms with Crippen molar-refractivity contribution in [1.82, 2.24) is 9.97 Å². The minimum Gasteiger partial charge on any atom is -0.359 e. The van der Waals surface area contributed by atoms with E-state index in [-0.39, 0.29) is 5.82 Å². The lowest BCUT2D eigenvalue weighted by atomic mass is 10.3. The fourth-order valence-electron chi connectivity index (χ4n) is 0.986. The minimum absolute atomic E-state index is 0.322. The summed E-state index contributed by atoms with van der Waals surface area (Å²) in [5.41, 5.74) is 0.407. The van der Waals surface area contributed by atoms with Gasteiger partial charge >= 0.3 is 0 Å². The maximum atomic E-state index is 12.8. The minimum atomic E-state index is -0.380. The highest BCUT2D eigenvalue weighted by atomic mass is 35.5. The van der Waals surface area contributed by atoms with Gasteiger partial charge in [-0.2, -0.15) is 0 Å². The summed E-state index contributed by atoms with van der Waals surface area (Å²) in [6, 6.07) is 1.69. The van der Waals surface area contributed by atoms with Crippen LogP contribution in [0, 0.1) is 5.82 Å². The molecule has 4 heteroatoms. The van der Waals surface area contributed by atoms with E-state index in [2.05, 4.69) is 9.97 Å². The van der Waals surface area contributed by atoms with E-state index in [4.69, 9.17) is 11.6 Å². The van der Waals surface area contributed by atoms with Gasteiger partial charge in [0.25, 0.3) is 0 Å². The largest absolute Gasteiger partial charge is 0.359 e. The maximum absolute atomic E-state index is 12.8. The van der Waals surface area contributed by atoms with Gasteiger partial charge < -0.3 is 4.98 Å². The second-order valence-corrected chi connectivity index (χ2v) is 2.52. The SMILES string of the molecule is Fc1cnc(Cl)c2cc[nH]c12. The van der Waals surface area contributed by atoms with Crippen molar-refractivity contribution < 1.29 is 4.39 Å². The molecule has 0 amide bonds. The molecule has 0 saturated heterocycles. The number of hydrogen-bond acceptors (Lipinski definition) is 1. The highest BCUT2D eigenvalue weighted by molar-refractivity contribution is 6.34. The molecule has 0 aliphatic heterocycles. The van der Waals surface area contributed by atoms with Crippen molar-refractivity contribution in [1.29, 1.82) is 0 Å². The maximum Gasteiger partial charge on any atom is 0.165 e. The second-order valence-electron chi connectivity index (χ2n) is 2.16. The number of nitrogens with zero attached hydrogens (tertiary/aromatic N) is 1. The summed E-state index contributed by atoms with van der Waals surface area (Å²) >= 11 is 5.67. The molecule has 2 aromatic rings. The zero-order chi connectivity index (χ0) is 7.84. The first-order chi connectivity index (χ1) is 5.29. The third-order valence-corrected chi connectivity index (χ3v) is 1.80. The highest BCUT2D eigenvalue weighted by Crippen LogP contribution is 2.21. The predicted molar refractivity (Wildman–Crippen MR) is 41.1 cm³/mol. The average Bonchev–Trinajstić information content (AvgIpc) is 2.45. The molecular weight excluding hydrogens is 167 g/mol. The summed E-state index contributed by atoms with van der Waals surface area (Å²) in [4.78, 5) is 6.38. The lowest BCUT2D eigenvalue weighted by molar-refractivity contribution is 0.631. The van der Waals surface area contributed by atoms with Crippen molar-refractivity contribution in [3.05, 3.63) is 29.4 Å². The van der Waals surface area contributed by atoms with E-state index < -0.39 is 0 Å². The van der Waals surface area contributed by atoms with Crippen LogP contribution in [0.25, 0.3) is 10.9 Å².